The highest BCUT2D eigenvalue weighted by atomic mass is 32.2. The Labute approximate surface area is 108 Å². The number of nitrogens with one attached hydrogen (secondary N) is 1. The Morgan fingerprint density at radius 1 is 1.47 bits per heavy atom. The minimum atomic E-state index is 0.836. The van der Waals surface area contributed by atoms with Crippen LogP contribution in [0.1, 0.15) is 31.9 Å². The van der Waals surface area contributed by atoms with Crippen LogP contribution in [0.5, 0.6) is 0 Å². The van der Waals surface area contributed by atoms with Gasteiger partial charge in [-0.05, 0) is 43.6 Å². The molecule has 0 saturated carbocycles. The fraction of sp³-hybridized carbons (Fsp3) is 0.769. The first kappa shape index (κ1) is 12.8. The summed E-state index contributed by atoms with van der Waals surface area (Å²) in [6, 6.07) is 0. The monoisotopic (exact) mass is 253 g/mol. The lowest BCUT2D eigenvalue weighted by Crippen LogP contribution is -2.20. The van der Waals surface area contributed by atoms with Crippen LogP contribution in [-0.4, -0.2) is 27.6 Å². The number of rotatable bonds is 5. The molecule has 3 nitrogen and oxygen atoms in total. The zero-order valence-corrected chi connectivity index (χ0v) is 11.7. The van der Waals surface area contributed by atoms with Gasteiger partial charge in [-0.2, -0.15) is 11.8 Å². The maximum atomic E-state index is 4.56. The van der Waals surface area contributed by atoms with E-state index in [9.17, 15) is 0 Å². The van der Waals surface area contributed by atoms with Crippen LogP contribution in [0.4, 0.5) is 5.95 Å². The van der Waals surface area contributed by atoms with Gasteiger partial charge in [0.05, 0.1) is 5.69 Å². The van der Waals surface area contributed by atoms with Gasteiger partial charge in [0.15, 0.2) is 0 Å². The normalized spacial score (nSPS) is 17.3. The molecule has 0 spiro atoms. The van der Waals surface area contributed by atoms with Gasteiger partial charge in [0, 0.05) is 19.3 Å². The highest BCUT2D eigenvalue weighted by Crippen LogP contribution is 2.23. The highest BCUT2D eigenvalue weighted by molar-refractivity contribution is 7.99. The summed E-state index contributed by atoms with van der Waals surface area (Å²) in [6.45, 7) is 6.41. The lowest BCUT2D eigenvalue weighted by molar-refractivity contribution is 0.512. The van der Waals surface area contributed by atoms with E-state index < -0.39 is 0 Å². The number of aromatic nitrogens is 2. The van der Waals surface area contributed by atoms with Crippen molar-refractivity contribution in [2.75, 3.05) is 23.4 Å². The van der Waals surface area contributed by atoms with Crippen LogP contribution in [0.3, 0.4) is 0 Å². The summed E-state index contributed by atoms with van der Waals surface area (Å²) in [5, 5.41) is 3.53. The van der Waals surface area contributed by atoms with Crippen molar-refractivity contribution in [3.05, 3.63) is 11.9 Å². The van der Waals surface area contributed by atoms with Gasteiger partial charge < -0.3 is 9.88 Å². The van der Waals surface area contributed by atoms with Crippen LogP contribution in [0, 0.1) is 12.8 Å². The molecule has 1 aliphatic heterocycles. The van der Waals surface area contributed by atoms with E-state index in [1.807, 2.05) is 0 Å². The standard InChI is InChI=1S/C13H23N3S/c1-3-6-16-10-11(2)15-13(16)14-9-12-4-7-17-8-5-12/h10,12H,3-9H2,1-2H3,(H,14,15). The molecule has 0 amide bonds. The Kier molecular flexibility index (Phi) is 4.77. The van der Waals surface area contributed by atoms with E-state index in [0.29, 0.717) is 0 Å². The summed E-state index contributed by atoms with van der Waals surface area (Å²) in [4.78, 5) is 4.56. The summed E-state index contributed by atoms with van der Waals surface area (Å²) in [5.74, 6) is 4.55. The van der Waals surface area contributed by atoms with E-state index in [2.05, 4.69) is 46.7 Å². The Morgan fingerprint density at radius 2 is 2.24 bits per heavy atom. The summed E-state index contributed by atoms with van der Waals surface area (Å²) < 4.78 is 2.24. The molecule has 0 aromatic carbocycles. The molecule has 1 aromatic heterocycles. The van der Waals surface area contributed by atoms with Crippen LogP contribution < -0.4 is 5.32 Å². The van der Waals surface area contributed by atoms with Crippen molar-refractivity contribution in [2.24, 2.45) is 5.92 Å². The maximum Gasteiger partial charge on any atom is 0.203 e. The number of nitrogens with zero attached hydrogens (tertiary/aromatic N) is 2. The van der Waals surface area contributed by atoms with Crippen LogP contribution in [0.25, 0.3) is 0 Å². The Balaban J connectivity index is 1.88. The smallest absolute Gasteiger partial charge is 0.203 e. The van der Waals surface area contributed by atoms with E-state index in [4.69, 9.17) is 0 Å². The number of anilines is 1. The lowest BCUT2D eigenvalue weighted by atomic mass is 10.0. The molecule has 1 aromatic rings. The SMILES string of the molecule is CCCn1cc(C)nc1NCC1CCSCC1. The fourth-order valence-corrected chi connectivity index (χ4v) is 3.49. The summed E-state index contributed by atoms with van der Waals surface area (Å²) in [5.41, 5.74) is 1.11. The first-order chi connectivity index (χ1) is 8.29. The second-order valence-corrected chi connectivity index (χ2v) is 6.06. The van der Waals surface area contributed by atoms with Crippen molar-refractivity contribution in [1.82, 2.24) is 9.55 Å². The number of imidazole rings is 1. The molecule has 17 heavy (non-hydrogen) atoms. The summed E-state index contributed by atoms with van der Waals surface area (Å²) in [6.07, 6.45) is 6.00. The molecule has 2 heterocycles. The predicted octanol–water partition coefficient (Wildman–Crippen LogP) is 3.16. The number of hydrogen-bond donors (Lipinski definition) is 1. The highest BCUT2D eigenvalue weighted by Gasteiger charge is 2.14. The van der Waals surface area contributed by atoms with Crippen molar-refractivity contribution in [2.45, 2.75) is 39.7 Å². The minimum absolute atomic E-state index is 0.836. The van der Waals surface area contributed by atoms with Crippen LogP contribution in [0.2, 0.25) is 0 Å². The second kappa shape index (κ2) is 6.34. The van der Waals surface area contributed by atoms with E-state index >= 15 is 0 Å². The van der Waals surface area contributed by atoms with Crippen molar-refractivity contribution < 1.29 is 0 Å². The molecule has 0 radical (unpaired) electrons. The first-order valence-corrected chi connectivity index (χ1v) is 7.80. The molecule has 0 aliphatic carbocycles. The van der Waals surface area contributed by atoms with Crippen LogP contribution >= 0.6 is 11.8 Å². The topological polar surface area (TPSA) is 29.9 Å². The fourth-order valence-electron chi connectivity index (χ4n) is 2.29. The molecular weight excluding hydrogens is 230 g/mol. The number of aryl methyl sites for hydroxylation is 2. The molecule has 4 heteroatoms. The molecule has 1 fully saturated rings. The summed E-state index contributed by atoms with van der Waals surface area (Å²) in [7, 11) is 0. The molecule has 1 saturated heterocycles. The predicted molar refractivity (Wildman–Crippen MR) is 75.8 cm³/mol. The van der Waals surface area contributed by atoms with Crippen molar-refractivity contribution >= 4 is 17.7 Å². The van der Waals surface area contributed by atoms with Gasteiger partial charge in [-0.1, -0.05) is 6.92 Å². The second-order valence-electron chi connectivity index (χ2n) is 4.84. The molecule has 96 valence electrons. The van der Waals surface area contributed by atoms with Gasteiger partial charge in [-0.25, -0.2) is 4.98 Å². The molecular formula is C13H23N3S. The maximum absolute atomic E-state index is 4.56. The molecule has 1 aliphatic rings. The molecule has 1 N–H and O–H groups in total. The average Bonchev–Trinajstić information content (AvgIpc) is 2.69. The van der Waals surface area contributed by atoms with Gasteiger partial charge in [0.25, 0.3) is 0 Å². The largest absolute Gasteiger partial charge is 0.355 e. The summed E-state index contributed by atoms with van der Waals surface area (Å²) >= 11 is 2.09. The molecule has 0 bridgehead atoms. The molecule has 2 rings (SSSR count). The third-order valence-corrected chi connectivity index (χ3v) is 4.30. The van der Waals surface area contributed by atoms with Crippen LogP contribution in [-0.2, 0) is 6.54 Å². The number of thioether (sulfide) groups is 1. The first-order valence-electron chi connectivity index (χ1n) is 6.65. The van der Waals surface area contributed by atoms with E-state index in [1.165, 1.54) is 24.3 Å². The van der Waals surface area contributed by atoms with Crippen molar-refractivity contribution in [1.29, 1.82) is 0 Å². The zero-order valence-electron chi connectivity index (χ0n) is 10.9. The Hall–Kier alpha value is -0.640. The minimum Gasteiger partial charge on any atom is -0.355 e. The van der Waals surface area contributed by atoms with E-state index in [-0.39, 0.29) is 0 Å². The lowest BCUT2D eigenvalue weighted by Gasteiger charge is -2.21. The Morgan fingerprint density at radius 3 is 2.94 bits per heavy atom. The third-order valence-electron chi connectivity index (χ3n) is 3.25. The molecule has 0 atom stereocenters. The van der Waals surface area contributed by atoms with Gasteiger partial charge in [-0.15, -0.1) is 0 Å². The van der Waals surface area contributed by atoms with Gasteiger partial charge in [-0.3, -0.25) is 0 Å². The van der Waals surface area contributed by atoms with E-state index in [1.54, 1.807) is 0 Å². The van der Waals surface area contributed by atoms with Crippen molar-refractivity contribution in [3.8, 4) is 0 Å². The number of hydrogen-bond acceptors (Lipinski definition) is 3. The van der Waals surface area contributed by atoms with Crippen LogP contribution in [0.15, 0.2) is 6.20 Å². The van der Waals surface area contributed by atoms with Gasteiger partial charge in [0.1, 0.15) is 0 Å². The van der Waals surface area contributed by atoms with Gasteiger partial charge >= 0.3 is 0 Å². The Bertz CT molecular complexity index is 342. The van der Waals surface area contributed by atoms with E-state index in [0.717, 1.165) is 37.1 Å². The van der Waals surface area contributed by atoms with Gasteiger partial charge in [0.2, 0.25) is 5.95 Å². The zero-order chi connectivity index (χ0) is 12.1. The quantitative estimate of drug-likeness (QED) is 0.874. The molecule has 0 unspecified atom stereocenters. The van der Waals surface area contributed by atoms with Crippen molar-refractivity contribution in [3.63, 3.8) is 0 Å². The average molecular weight is 253 g/mol. The third kappa shape index (κ3) is 3.66.